The van der Waals surface area contributed by atoms with Crippen molar-refractivity contribution < 1.29 is 9.72 Å². The summed E-state index contributed by atoms with van der Waals surface area (Å²) in [4.78, 5) is 19.8. The zero-order valence-electron chi connectivity index (χ0n) is 5.88. The van der Waals surface area contributed by atoms with E-state index in [1.807, 2.05) is 0 Å². The van der Waals surface area contributed by atoms with Crippen LogP contribution in [0.15, 0.2) is 6.33 Å². The average Bonchev–Trinajstić information content (AvgIpc) is 2.33. The molecule has 64 valence electrons. The van der Waals surface area contributed by atoms with Crippen LogP contribution >= 0.6 is 0 Å². The fourth-order valence-electron chi connectivity index (χ4n) is 0.670. The zero-order chi connectivity index (χ0) is 9.14. The highest BCUT2D eigenvalue weighted by Crippen LogP contribution is 2.03. The molecule has 0 saturated carbocycles. The van der Waals surface area contributed by atoms with Gasteiger partial charge in [-0.15, -0.1) is 0 Å². The number of carbonyl (C=O) groups excluding carboxylic acids is 1. The molecule has 1 aromatic rings. The third-order valence-electron chi connectivity index (χ3n) is 1.08. The van der Waals surface area contributed by atoms with Gasteiger partial charge >= 0.3 is 5.95 Å². The molecule has 0 aliphatic heterocycles. The van der Waals surface area contributed by atoms with Crippen LogP contribution in [-0.4, -0.2) is 25.6 Å². The Balaban J connectivity index is 2.91. The molecule has 0 saturated heterocycles. The zero-order valence-corrected chi connectivity index (χ0v) is 5.88. The topological polar surface area (TPSA) is 117 Å². The van der Waals surface area contributed by atoms with Gasteiger partial charge < -0.3 is 15.8 Å². The highest BCUT2D eigenvalue weighted by Gasteiger charge is 2.16. The third-order valence-corrected chi connectivity index (χ3v) is 1.08. The van der Waals surface area contributed by atoms with Gasteiger partial charge in [-0.3, -0.25) is 4.79 Å². The van der Waals surface area contributed by atoms with Crippen molar-refractivity contribution in [3.63, 3.8) is 0 Å². The molecule has 0 bridgehead atoms. The number of aromatic nitrogens is 3. The maximum Gasteiger partial charge on any atom is 0.458 e. The van der Waals surface area contributed by atoms with E-state index in [9.17, 15) is 14.9 Å². The Labute approximate surface area is 66.1 Å². The largest absolute Gasteiger partial charge is 0.458 e. The van der Waals surface area contributed by atoms with E-state index in [4.69, 9.17) is 5.73 Å². The van der Waals surface area contributed by atoms with Crippen LogP contribution < -0.4 is 5.73 Å². The lowest BCUT2D eigenvalue weighted by Gasteiger charge is -1.94. The van der Waals surface area contributed by atoms with E-state index in [2.05, 4.69) is 10.2 Å². The number of hydrogen-bond acceptors (Lipinski definition) is 5. The summed E-state index contributed by atoms with van der Waals surface area (Å²) in [6.45, 7) is -0.288. The summed E-state index contributed by atoms with van der Waals surface area (Å²) in [7, 11) is 0. The van der Waals surface area contributed by atoms with Crippen LogP contribution in [0.5, 0.6) is 0 Å². The molecule has 0 radical (unpaired) electrons. The van der Waals surface area contributed by atoms with Crippen LogP contribution in [0.25, 0.3) is 0 Å². The first-order valence-electron chi connectivity index (χ1n) is 2.91. The molecule has 12 heavy (non-hydrogen) atoms. The molecular formula is C4H5N5O3. The molecule has 0 unspecified atom stereocenters. The lowest BCUT2D eigenvalue weighted by atomic mass is 10.6. The molecule has 0 aromatic carbocycles. The van der Waals surface area contributed by atoms with Crippen molar-refractivity contribution in [3.05, 3.63) is 16.4 Å². The molecule has 8 heteroatoms. The predicted molar refractivity (Wildman–Crippen MR) is 35.9 cm³/mol. The Morgan fingerprint density at radius 1 is 1.83 bits per heavy atom. The van der Waals surface area contributed by atoms with Gasteiger partial charge in [-0.2, -0.15) is 0 Å². The van der Waals surface area contributed by atoms with E-state index in [1.165, 1.54) is 0 Å². The fraction of sp³-hybridized carbons (Fsp3) is 0.250. The summed E-state index contributed by atoms with van der Waals surface area (Å²) in [5.74, 6) is -1.17. The number of primary amides is 1. The fourth-order valence-corrected chi connectivity index (χ4v) is 0.670. The molecule has 0 aliphatic rings. The number of nitro groups is 1. The molecule has 0 fully saturated rings. The second-order valence-corrected chi connectivity index (χ2v) is 1.98. The summed E-state index contributed by atoms with van der Waals surface area (Å²) in [5.41, 5.74) is 4.81. The molecule has 8 nitrogen and oxygen atoms in total. The number of rotatable bonds is 3. The first kappa shape index (κ1) is 8.11. The minimum absolute atomic E-state index is 0.288. The molecule has 0 spiro atoms. The van der Waals surface area contributed by atoms with Crippen molar-refractivity contribution in [2.24, 2.45) is 5.73 Å². The van der Waals surface area contributed by atoms with E-state index >= 15 is 0 Å². The monoisotopic (exact) mass is 171 g/mol. The van der Waals surface area contributed by atoms with Gasteiger partial charge in [-0.25, -0.2) is 4.57 Å². The standard InChI is InChI=1S/C4H5N5O3/c5-3(10)1-8-2-6-7-4(8)9(11)12/h2H,1H2,(H2,5,10). The quantitative estimate of drug-likeness (QED) is 0.446. The summed E-state index contributed by atoms with van der Waals surface area (Å²) >= 11 is 0. The van der Waals surface area contributed by atoms with Gasteiger partial charge in [0.15, 0.2) is 12.9 Å². The lowest BCUT2D eigenvalue weighted by Crippen LogP contribution is -2.19. The van der Waals surface area contributed by atoms with E-state index in [0.29, 0.717) is 0 Å². The maximum atomic E-state index is 10.4. The van der Waals surface area contributed by atoms with Crippen molar-refractivity contribution >= 4 is 11.9 Å². The Kier molecular flexibility index (Phi) is 1.99. The van der Waals surface area contributed by atoms with Gasteiger partial charge in [0.2, 0.25) is 0 Å². The maximum absolute atomic E-state index is 10.4. The minimum atomic E-state index is -0.740. The first-order valence-corrected chi connectivity index (χ1v) is 2.91. The van der Waals surface area contributed by atoms with E-state index < -0.39 is 16.8 Å². The van der Waals surface area contributed by atoms with Gasteiger partial charge in [-0.1, -0.05) is 0 Å². The SMILES string of the molecule is NC(=O)Cn1cnnc1[N+](=O)[O-]. The molecule has 2 N–H and O–H groups in total. The van der Waals surface area contributed by atoms with E-state index in [-0.39, 0.29) is 6.54 Å². The van der Waals surface area contributed by atoms with Crippen molar-refractivity contribution in [2.75, 3.05) is 0 Å². The number of carbonyl (C=O) groups is 1. The first-order chi connectivity index (χ1) is 5.61. The Morgan fingerprint density at radius 2 is 2.50 bits per heavy atom. The van der Waals surface area contributed by atoms with E-state index in [0.717, 1.165) is 10.9 Å². The second kappa shape index (κ2) is 2.95. The lowest BCUT2D eigenvalue weighted by molar-refractivity contribution is -0.396. The molecule has 1 heterocycles. The van der Waals surface area contributed by atoms with Gasteiger partial charge in [0.1, 0.15) is 0 Å². The minimum Gasteiger partial charge on any atom is -0.390 e. The molecule has 0 aliphatic carbocycles. The number of nitrogens with two attached hydrogens (primary N) is 1. The van der Waals surface area contributed by atoms with Crippen LogP contribution in [0.3, 0.4) is 0 Å². The van der Waals surface area contributed by atoms with E-state index in [1.54, 1.807) is 0 Å². The molecular weight excluding hydrogens is 166 g/mol. The molecule has 1 amide bonds. The van der Waals surface area contributed by atoms with Crippen LogP contribution in [-0.2, 0) is 11.3 Å². The molecule has 0 atom stereocenters. The number of nitrogens with zero attached hydrogens (tertiary/aromatic N) is 4. The smallest absolute Gasteiger partial charge is 0.390 e. The third kappa shape index (κ3) is 1.54. The average molecular weight is 171 g/mol. The highest BCUT2D eigenvalue weighted by atomic mass is 16.6. The Bertz CT molecular complexity index is 318. The van der Waals surface area contributed by atoms with Crippen molar-refractivity contribution in [1.82, 2.24) is 14.8 Å². The Morgan fingerprint density at radius 3 is 3.00 bits per heavy atom. The van der Waals surface area contributed by atoms with Crippen LogP contribution in [0.2, 0.25) is 0 Å². The van der Waals surface area contributed by atoms with Crippen molar-refractivity contribution in [1.29, 1.82) is 0 Å². The summed E-state index contributed by atoms with van der Waals surface area (Å²) in [5, 5.41) is 16.6. The van der Waals surface area contributed by atoms with Crippen LogP contribution in [0.4, 0.5) is 5.95 Å². The predicted octanol–water partition coefficient (Wildman–Crippen LogP) is -1.33. The normalized spacial score (nSPS) is 9.67. The number of amides is 1. The summed E-state index contributed by atoms with van der Waals surface area (Å²) in [6, 6.07) is 0. The van der Waals surface area contributed by atoms with Crippen LogP contribution in [0, 0.1) is 10.1 Å². The van der Waals surface area contributed by atoms with Gasteiger partial charge in [0.05, 0.1) is 5.10 Å². The molecule has 1 rings (SSSR count). The highest BCUT2D eigenvalue weighted by molar-refractivity contribution is 5.73. The van der Waals surface area contributed by atoms with Crippen molar-refractivity contribution in [2.45, 2.75) is 6.54 Å². The number of hydrogen-bond donors (Lipinski definition) is 1. The van der Waals surface area contributed by atoms with Gasteiger partial charge in [0, 0.05) is 0 Å². The van der Waals surface area contributed by atoms with Gasteiger partial charge in [0.25, 0.3) is 5.91 Å². The molecule has 1 aromatic heterocycles. The summed E-state index contributed by atoms with van der Waals surface area (Å²) in [6.07, 6.45) is 1.07. The summed E-state index contributed by atoms with van der Waals surface area (Å²) < 4.78 is 0.961. The van der Waals surface area contributed by atoms with Gasteiger partial charge in [-0.05, 0) is 10.0 Å². The van der Waals surface area contributed by atoms with Crippen molar-refractivity contribution in [3.8, 4) is 0 Å². The van der Waals surface area contributed by atoms with Crippen LogP contribution in [0.1, 0.15) is 0 Å². The second-order valence-electron chi connectivity index (χ2n) is 1.98. The Hall–Kier alpha value is -1.99.